The number of thioether (sulfide) groups is 1. The second-order valence-electron chi connectivity index (χ2n) is 2.18. The molecule has 3 N–H and O–H groups in total. The summed E-state index contributed by atoms with van der Waals surface area (Å²) in [4.78, 5) is 8.99. The first-order valence-corrected chi connectivity index (χ1v) is 4.90. The van der Waals surface area contributed by atoms with Crippen molar-refractivity contribution in [3.8, 4) is 0 Å². The van der Waals surface area contributed by atoms with Crippen molar-refractivity contribution >= 4 is 23.5 Å². The van der Waals surface area contributed by atoms with Crippen molar-refractivity contribution in [3.63, 3.8) is 0 Å². The molecule has 0 saturated heterocycles. The van der Waals surface area contributed by atoms with Crippen molar-refractivity contribution in [1.29, 1.82) is 0 Å². The number of nitrogens with zero attached hydrogens (tertiary/aromatic N) is 2. The van der Waals surface area contributed by atoms with Crippen LogP contribution in [-0.4, -0.2) is 22.8 Å². The molecule has 12 heavy (non-hydrogen) atoms. The van der Waals surface area contributed by atoms with Crippen LogP contribution in [0.2, 0.25) is 0 Å². The maximum absolute atomic E-state index is 5.44. The third-order valence-electron chi connectivity index (χ3n) is 1.34. The van der Waals surface area contributed by atoms with E-state index in [2.05, 4.69) is 15.3 Å². The molecule has 5 heteroatoms. The molecule has 0 unspecified atom stereocenters. The van der Waals surface area contributed by atoms with Gasteiger partial charge in [-0.05, 0) is 13.2 Å². The van der Waals surface area contributed by atoms with E-state index < -0.39 is 0 Å². The molecule has 0 spiro atoms. The van der Waals surface area contributed by atoms with E-state index in [1.807, 2.05) is 13.2 Å². The number of hydrogen-bond acceptors (Lipinski definition) is 5. The monoisotopic (exact) mass is 184 g/mol. The number of rotatable bonds is 3. The summed E-state index contributed by atoms with van der Waals surface area (Å²) in [5.74, 6) is 1.13. The quantitative estimate of drug-likeness (QED) is 0.691. The number of hydrogen-bond donors (Lipinski definition) is 2. The zero-order valence-corrected chi connectivity index (χ0v) is 7.98. The Labute approximate surface area is 76.0 Å². The summed E-state index contributed by atoms with van der Waals surface area (Å²) in [5.41, 5.74) is 5.44. The number of nitrogens with two attached hydrogens (primary N) is 1. The Morgan fingerprint density at radius 2 is 2.42 bits per heavy atom. The zero-order valence-electron chi connectivity index (χ0n) is 7.16. The molecular formula is C7H12N4S. The molecule has 0 radical (unpaired) electrons. The molecule has 66 valence electrons. The highest BCUT2D eigenvalue weighted by molar-refractivity contribution is 7.98. The van der Waals surface area contributed by atoms with Crippen LogP contribution in [0.15, 0.2) is 11.1 Å². The maximum Gasteiger partial charge on any atom is 0.221 e. The maximum atomic E-state index is 5.44. The highest BCUT2D eigenvalue weighted by Crippen LogP contribution is 2.22. The van der Waals surface area contributed by atoms with Crippen LogP contribution in [0.25, 0.3) is 0 Å². The average molecular weight is 184 g/mol. The van der Waals surface area contributed by atoms with E-state index >= 15 is 0 Å². The summed E-state index contributed by atoms with van der Waals surface area (Å²) < 4.78 is 0. The number of aromatic nitrogens is 2. The molecule has 0 aromatic carbocycles. The Kier molecular flexibility index (Phi) is 3.16. The van der Waals surface area contributed by atoms with Crippen molar-refractivity contribution in [2.24, 2.45) is 0 Å². The molecular weight excluding hydrogens is 172 g/mol. The SMILES string of the molecule is CCNc1nc(N)ncc1SC. The molecule has 0 aliphatic heterocycles. The van der Waals surface area contributed by atoms with Crippen molar-refractivity contribution in [3.05, 3.63) is 6.20 Å². The van der Waals surface area contributed by atoms with Crippen LogP contribution in [0.1, 0.15) is 6.92 Å². The van der Waals surface area contributed by atoms with Crippen molar-refractivity contribution in [1.82, 2.24) is 9.97 Å². The van der Waals surface area contributed by atoms with Gasteiger partial charge in [0.2, 0.25) is 5.95 Å². The molecule has 4 nitrogen and oxygen atoms in total. The largest absolute Gasteiger partial charge is 0.369 e. The van der Waals surface area contributed by atoms with Crippen LogP contribution in [-0.2, 0) is 0 Å². The summed E-state index contributed by atoms with van der Waals surface area (Å²) in [5, 5.41) is 3.12. The number of nitrogens with one attached hydrogen (secondary N) is 1. The van der Waals surface area contributed by atoms with Crippen LogP contribution in [0.4, 0.5) is 11.8 Å². The van der Waals surface area contributed by atoms with E-state index in [-0.39, 0.29) is 0 Å². The van der Waals surface area contributed by atoms with Gasteiger partial charge in [-0.2, -0.15) is 4.98 Å². The Morgan fingerprint density at radius 3 is 3.00 bits per heavy atom. The minimum absolute atomic E-state index is 0.309. The van der Waals surface area contributed by atoms with Crippen LogP contribution >= 0.6 is 11.8 Å². The van der Waals surface area contributed by atoms with E-state index in [0.717, 1.165) is 17.3 Å². The van der Waals surface area contributed by atoms with Crippen LogP contribution in [0.5, 0.6) is 0 Å². The summed E-state index contributed by atoms with van der Waals surface area (Å²) >= 11 is 1.60. The molecule has 1 rings (SSSR count). The van der Waals surface area contributed by atoms with E-state index in [1.54, 1.807) is 18.0 Å². The van der Waals surface area contributed by atoms with Gasteiger partial charge in [-0.1, -0.05) is 0 Å². The average Bonchev–Trinajstić information content (AvgIpc) is 2.05. The first-order valence-electron chi connectivity index (χ1n) is 3.68. The minimum Gasteiger partial charge on any atom is -0.369 e. The number of anilines is 2. The Morgan fingerprint density at radius 1 is 1.67 bits per heavy atom. The molecule has 0 fully saturated rings. The van der Waals surface area contributed by atoms with Gasteiger partial charge >= 0.3 is 0 Å². The van der Waals surface area contributed by atoms with Gasteiger partial charge in [-0.15, -0.1) is 11.8 Å². The molecule has 0 aliphatic carbocycles. The second-order valence-corrected chi connectivity index (χ2v) is 3.02. The lowest BCUT2D eigenvalue weighted by atomic mass is 10.5. The van der Waals surface area contributed by atoms with Crippen molar-refractivity contribution in [2.75, 3.05) is 23.9 Å². The highest BCUT2D eigenvalue weighted by Gasteiger charge is 2.02. The van der Waals surface area contributed by atoms with Gasteiger partial charge in [0.25, 0.3) is 0 Å². The Bertz CT molecular complexity index is 264. The first-order chi connectivity index (χ1) is 5.77. The van der Waals surface area contributed by atoms with E-state index in [0.29, 0.717) is 5.95 Å². The normalized spacial score (nSPS) is 9.83. The third kappa shape index (κ3) is 2.01. The molecule has 0 aliphatic rings. The van der Waals surface area contributed by atoms with Crippen molar-refractivity contribution in [2.45, 2.75) is 11.8 Å². The summed E-state index contributed by atoms with van der Waals surface area (Å²) in [6.07, 6.45) is 3.71. The molecule has 0 saturated carbocycles. The van der Waals surface area contributed by atoms with Crippen molar-refractivity contribution < 1.29 is 0 Å². The van der Waals surface area contributed by atoms with Crippen LogP contribution in [0.3, 0.4) is 0 Å². The number of nitrogen functional groups attached to an aromatic ring is 1. The lowest BCUT2D eigenvalue weighted by Crippen LogP contribution is -2.04. The smallest absolute Gasteiger partial charge is 0.221 e. The van der Waals surface area contributed by atoms with Crippen LogP contribution in [0, 0.1) is 0 Å². The summed E-state index contributed by atoms with van der Waals surface area (Å²) in [7, 11) is 0. The topological polar surface area (TPSA) is 63.8 Å². The molecule has 1 heterocycles. The Hall–Kier alpha value is -0.970. The fraction of sp³-hybridized carbons (Fsp3) is 0.429. The van der Waals surface area contributed by atoms with E-state index in [1.165, 1.54) is 0 Å². The van der Waals surface area contributed by atoms with Gasteiger partial charge < -0.3 is 11.1 Å². The predicted molar refractivity (Wildman–Crippen MR) is 52.4 cm³/mol. The Balaban J connectivity index is 2.95. The lowest BCUT2D eigenvalue weighted by molar-refractivity contribution is 1.07. The van der Waals surface area contributed by atoms with Gasteiger partial charge in [0, 0.05) is 12.7 Å². The summed E-state index contributed by atoms with van der Waals surface area (Å²) in [6.45, 7) is 2.85. The minimum atomic E-state index is 0.309. The van der Waals surface area contributed by atoms with Gasteiger partial charge in [0.15, 0.2) is 0 Å². The first kappa shape index (κ1) is 9.12. The van der Waals surface area contributed by atoms with Crippen LogP contribution < -0.4 is 11.1 Å². The van der Waals surface area contributed by atoms with Gasteiger partial charge in [-0.3, -0.25) is 0 Å². The van der Waals surface area contributed by atoms with Gasteiger partial charge in [-0.25, -0.2) is 4.98 Å². The highest BCUT2D eigenvalue weighted by atomic mass is 32.2. The summed E-state index contributed by atoms with van der Waals surface area (Å²) in [6, 6.07) is 0. The van der Waals surface area contributed by atoms with Gasteiger partial charge in [0.1, 0.15) is 5.82 Å². The molecule has 1 aromatic rings. The van der Waals surface area contributed by atoms with E-state index in [4.69, 9.17) is 5.73 Å². The van der Waals surface area contributed by atoms with E-state index in [9.17, 15) is 0 Å². The lowest BCUT2D eigenvalue weighted by Gasteiger charge is -2.06. The standard InChI is InChI=1S/C7H12N4S/c1-3-9-6-5(12-2)4-10-7(8)11-6/h4H,3H2,1-2H3,(H3,8,9,10,11). The fourth-order valence-electron chi connectivity index (χ4n) is 0.828. The molecule has 0 bridgehead atoms. The zero-order chi connectivity index (χ0) is 8.97. The molecule has 1 aromatic heterocycles. The second kappa shape index (κ2) is 4.15. The molecule has 0 atom stereocenters. The van der Waals surface area contributed by atoms with Gasteiger partial charge in [0.05, 0.1) is 4.90 Å². The fourth-order valence-corrected chi connectivity index (χ4v) is 1.30. The third-order valence-corrected chi connectivity index (χ3v) is 2.08. The molecule has 0 amide bonds. The predicted octanol–water partition coefficient (Wildman–Crippen LogP) is 1.21.